The molecule has 0 aliphatic rings. The van der Waals surface area contributed by atoms with Gasteiger partial charge in [0.2, 0.25) is 0 Å². The molecule has 8 heteroatoms. The van der Waals surface area contributed by atoms with Crippen LogP contribution in [0.5, 0.6) is 0 Å². The highest BCUT2D eigenvalue weighted by Crippen LogP contribution is 2.28. The van der Waals surface area contributed by atoms with Crippen molar-refractivity contribution >= 4 is 40.1 Å². The third-order valence-electron chi connectivity index (χ3n) is 4.21. The average molecular weight is 413 g/mol. The average Bonchev–Trinajstić information content (AvgIpc) is 2.69. The quantitative estimate of drug-likeness (QED) is 0.478. The number of pyridine rings is 1. The number of anilines is 1. The minimum absolute atomic E-state index is 0.146. The first-order valence-corrected chi connectivity index (χ1v) is 9.13. The van der Waals surface area contributed by atoms with Crippen LogP contribution < -0.4 is 11.0 Å². The van der Waals surface area contributed by atoms with Crippen molar-refractivity contribution in [1.82, 2.24) is 14.7 Å². The van der Waals surface area contributed by atoms with Gasteiger partial charge in [-0.15, -0.1) is 4.73 Å². The molecule has 0 saturated heterocycles. The minimum Gasteiger partial charge on any atom is -0.422 e. The van der Waals surface area contributed by atoms with Crippen LogP contribution in [0.25, 0.3) is 22.2 Å². The SMILES string of the molecule is O=c1nc(NCc2cccc(-c3cc(Cl)cc(Cl)c3)c2)c2cccnc2n1O. The molecule has 2 N–H and O–H groups in total. The van der Waals surface area contributed by atoms with Gasteiger partial charge in [-0.05, 0) is 53.1 Å². The summed E-state index contributed by atoms with van der Waals surface area (Å²) in [6.07, 6.45) is 1.50. The van der Waals surface area contributed by atoms with Gasteiger partial charge in [-0.3, -0.25) is 0 Å². The second kappa shape index (κ2) is 7.50. The summed E-state index contributed by atoms with van der Waals surface area (Å²) in [6, 6.07) is 16.7. The second-order valence-corrected chi connectivity index (χ2v) is 7.01. The first kappa shape index (κ1) is 18.3. The molecule has 28 heavy (non-hydrogen) atoms. The number of fused-ring (bicyclic) bond motifs is 1. The molecule has 4 aromatic rings. The summed E-state index contributed by atoms with van der Waals surface area (Å²) >= 11 is 12.2. The van der Waals surface area contributed by atoms with E-state index in [-0.39, 0.29) is 5.65 Å². The van der Waals surface area contributed by atoms with E-state index >= 15 is 0 Å². The Balaban J connectivity index is 1.64. The molecule has 2 heterocycles. The van der Waals surface area contributed by atoms with Crippen LogP contribution in [0, 0.1) is 0 Å². The highest BCUT2D eigenvalue weighted by atomic mass is 35.5. The largest absolute Gasteiger partial charge is 0.422 e. The first-order valence-electron chi connectivity index (χ1n) is 8.37. The van der Waals surface area contributed by atoms with E-state index in [9.17, 15) is 10.0 Å². The first-order chi connectivity index (χ1) is 13.5. The number of rotatable bonds is 4. The van der Waals surface area contributed by atoms with Crippen molar-refractivity contribution in [1.29, 1.82) is 0 Å². The van der Waals surface area contributed by atoms with Crippen molar-refractivity contribution in [3.63, 3.8) is 0 Å². The summed E-state index contributed by atoms with van der Waals surface area (Å²) in [6.45, 7) is 0.425. The van der Waals surface area contributed by atoms with E-state index in [1.807, 2.05) is 36.4 Å². The molecule has 0 atom stereocenters. The monoisotopic (exact) mass is 412 g/mol. The highest BCUT2D eigenvalue weighted by Gasteiger charge is 2.10. The fourth-order valence-electron chi connectivity index (χ4n) is 2.95. The van der Waals surface area contributed by atoms with Gasteiger partial charge in [0.05, 0.1) is 5.39 Å². The number of benzene rings is 2. The molecule has 0 spiro atoms. The van der Waals surface area contributed by atoms with Gasteiger partial charge < -0.3 is 10.5 Å². The summed E-state index contributed by atoms with van der Waals surface area (Å²) in [5.74, 6) is 0.356. The summed E-state index contributed by atoms with van der Waals surface area (Å²) < 4.78 is 0.435. The van der Waals surface area contributed by atoms with Crippen LogP contribution in [-0.4, -0.2) is 19.9 Å². The lowest BCUT2D eigenvalue weighted by Crippen LogP contribution is -2.23. The van der Waals surface area contributed by atoms with Crippen molar-refractivity contribution in [3.05, 3.63) is 86.9 Å². The van der Waals surface area contributed by atoms with Gasteiger partial charge in [0, 0.05) is 22.8 Å². The standard InChI is InChI=1S/C20H14Cl2N4O2/c21-15-8-14(9-16(22)10-15)13-4-1-3-12(7-13)11-24-18-17-5-2-6-23-19(17)26(28)20(27)25-18/h1-10,28H,11H2,(H,24,25,27). The number of halogens is 2. The van der Waals surface area contributed by atoms with Crippen molar-refractivity contribution in [2.75, 3.05) is 5.32 Å². The van der Waals surface area contributed by atoms with Crippen LogP contribution in [0.1, 0.15) is 5.56 Å². The van der Waals surface area contributed by atoms with Gasteiger partial charge >= 0.3 is 5.69 Å². The van der Waals surface area contributed by atoms with Gasteiger partial charge in [0.15, 0.2) is 5.65 Å². The smallest absolute Gasteiger partial charge is 0.384 e. The van der Waals surface area contributed by atoms with E-state index in [4.69, 9.17) is 23.2 Å². The predicted octanol–water partition coefficient (Wildman–Crippen LogP) is 4.61. The number of nitrogens with zero attached hydrogens (tertiary/aromatic N) is 3. The molecule has 0 aliphatic carbocycles. The zero-order valence-electron chi connectivity index (χ0n) is 14.4. The van der Waals surface area contributed by atoms with E-state index in [2.05, 4.69) is 15.3 Å². The van der Waals surface area contributed by atoms with Gasteiger partial charge in [-0.1, -0.05) is 41.4 Å². The Bertz CT molecular complexity index is 1220. The number of hydrogen-bond acceptors (Lipinski definition) is 5. The Labute approximate surface area is 170 Å². The molecule has 6 nitrogen and oxygen atoms in total. The third kappa shape index (κ3) is 3.65. The van der Waals surface area contributed by atoms with E-state index in [1.54, 1.807) is 18.2 Å². The number of nitrogens with one attached hydrogen (secondary N) is 1. The molecule has 2 aromatic carbocycles. The van der Waals surface area contributed by atoms with Gasteiger partial charge in [0.25, 0.3) is 0 Å². The lowest BCUT2D eigenvalue weighted by Gasteiger charge is -2.11. The van der Waals surface area contributed by atoms with Crippen LogP contribution in [0.3, 0.4) is 0 Å². The lowest BCUT2D eigenvalue weighted by molar-refractivity contribution is 0.182. The minimum atomic E-state index is -0.795. The number of aromatic nitrogens is 3. The fraction of sp³-hybridized carbons (Fsp3) is 0.0500. The normalized spacial score (nSPS) is 10.9. The maximum absolute atomic E-state index is 11.9. The fourth-order valence-corrected chi connectivity index (χ4v) is 3.47. The zero-order chi connectivity index (χ0) is 19.7. The van der Waals surface area contributed by atoms with Crippen LogP contribution in [-0.2, 0) is 6.54 Å². The number of hydrogen-bond donors (Lipinski definition) is 2. The second-order valence-electron chi connectivity index (χ2n) is 6.14. The molecule has 4 rings (SSSR count). The topological polar surface area (TPSA) is 80.0 Å². The Hall–Kier alpha value is -3.09. The van der Waals surface area contributed by atoms with Crippen LogP contribution in [0.2, 0.25) is 10.0 Å². The maximum Gasteiger partial charge on any atom is 0.384 e. The lowest BCUT2D eigenvalue weighted by atomic mass is 10.0. The molecule has 0 saturated carbocycles. The Morgan fingerprint density at radius 1 is 1.00 bits per heavy atom. The molecule has 140 valence electrons. The molecule has 0 amide bonds. The Kier molecular flexibility index (Phi) is 4.90. The van der Waals surface area contributed by atoms with Crippen molar-refractivity contribution < 1.29 is 5.21 Å². The van der Waals surface area contributed by atoms with Crippen molar-refractivity contribution in [2.45, 2.75) is 6.54 Å². The highest BCUT2D eigenvalue weighted by molar-refractivity contribution is 6.35. The van der Waals surface area contributed by atoms with Crippen LogP contribution >= 0.6 is 23.2 Å². The molecule has 0 aliphatic heterocycles. The summed E-state index contributed by atoms with van der Waals surface area (Å²) in [5, 5.41) is 14.6. The van der Waals surface area contributed by atoms with E-state index in [0.29, 0.717) is 32.5 Å². The molecule has 0 radical (unpaired) electrons. The molecule has 2 aromatic heterocycles. The van der Waals surface area contributed by atoms with Gasteiger partial charge in [0.1, 0.15) is 5.82 Å². The van der Waals surface area contributed by atoms with E-state index < -0.39 is 5.69 Å². The van der Waals surface area contributed by atoms with Gasteiger partial charge in [-0.2, -0.15) is 4.98 Å². The summed E-state index contributed by atoms with van der Waals surface area (Å²) in [7, 11) is 0. The molecule has 0 fully saturated rings. The molecule has 0 unspecified atom stereocenters. The van der Waals surface area contributed by atoms with Crippen molar-refractivity contribution in [2.24, 2.45) is 0 Å². The predicted molar refractivity (Wildman–Crippen MR) is 110 cm³/mol. The Morgan fingerprint density at radius 2 is 1.79 bits per heavy atom. The zero-order valence-corrected chi connectivity index (χ0v) is 15.9. The van der Waals surface area contributed by atoms with E-state index in [1.165, 1.54) is 6.20 Å². The Morgan fingerprint density at radius 3 is 2.57 bits per heavy atom. The molecular weight excluding hydrogens is 399 g/mol. The molecule has 0 bridgehead atoms. The summed E-state index contributed by atoms with van der Waals surface area (Å²) in [4.78, 5) is 19.8. The maximum atomic E-state index is 11.9. The van der Waals surface area contributed by atoms with Crippen LogP contribution in [0.15, 0.2) is 65.6 Å². The summed E-state index contributed by atoms with van der Waals surface area (Å²) in [5.41, 5.74) is 2.20. The third-order valence-corrected chi connectivity index (χ3v) is 4.65. The van der Waals surface area contributed by atoms with Gasteiger partial charge in [-0.25, -0.2) is 9.78 Å². The molecular formula is C20H14Cl2N4O2. The van der Waals surface area contributed by atoms with Crippen LogP contribution in [0.4, 0.5) is 5.82 Å². The van der Waals surface area contributed by atoms with E-state index in [0.717, 1.165) is 16.7 Å². The van der Waals surface area contributed by atoms with Crippen molar-refractivity contribution in [3.8, 4) is 11.1 Å².